The number of rotatable bonds is 10. The molecule has 0 atom stereocenters. The number of hydrogen-bond acceptors (Lipinski definition) is 6. The highest BCUT2D eigenvalue weighted by atomic mass is 35.5. The molecule has 1 amide bonds. The van der Waals surface area contributed by atoms with Crippen LogP contribution in [0, 0.1) is 0 Å². The van der Waals surface area contributed by atoms with Crippen LogP contribution < -0.4 is 24.8 Å². The number of nitrogens with one attached hydrogen (secondary N) is 3. The maximum atomic E-state index is 12.2. The van der Waals surface area contributed by atoms with Crippen LogP contribution in [0.5, 0.6) is 11.5 Å². The van der Waals surface area contributed by atoms with Gasteiger partial charge in [-0.2, -0.15) is 0 Å². The van der Waals surface area contributed by atoms with E-state index >= 15 is 0 Å². The van der Waals surface area contributed by atoms with Gasteiger partial charge in [0.25, 0.3) is 0 Å². The second kappa shape index (κ2) is 11.1. The van der Waals surface area contributed by atoms with E-state index in [0.29, 0.717) is 24.6 Å². The second-order valence-electron chi connectivity index (χ2n) is 4.62. The van der Waals surface area contributed by atoms with Crippen molar-refractivity contribution in [2.45, 2.75) is 11.3 Å². The van der Waals surface area contributed by atoms with Gasteiger partial charge in [-0.1, -0.05) is 0 Å². The first kappa shape index (κ1) is 22.4. The number of carbonyl (C=O) groups excluding carboxylic acids is 1. The number of hydrogen-bond donors (Lipinski definition) is 3. The Morgan fingerprint density at radius 2 is 1.75 bits per heavy atom. The van der Waals surface area contributed by atoms with Gasteiger partial charge in [-0.05, 0) is 19.2 Å². The second-order valence-corrected chi connectivity index (χ2v) is 6.39. The predicted molar refractivity (Wildman–Crippen MR) is 93.5 cm³/mol. The van der Waals surface area contributed by atoms with E-state index < -0.39 is 10.0 Å². The molecule has 0 fully saturated rings. The van der Waals surface area contributed by atoms with E-state index in [-0.39, 0.29) is 36.2 Å². The fraction of sp³-hybridized carbons (Fsp3) is 0.500. The van der Waals surface area contributed by atoms with Gasteiger partial charge in [0.05, 0.1) is 19.1 Å². The Balaban J connectivity index is 0.00000529. The summed E-state index contributed by atoms with van der Waals surface area (Å²) in [6, 6.07) is 4.29. The minimum atomic E-state index is -3.72. The zero-order valence-corrected chi connectivity index (χ0v) is 15.6. The van der Waals surface area contributed by atoms with E-state index in [0.717, 1.165) is 0 Å². The van der Waals surface area contributed by atoms with Crippen molar-refractivity contribution in [2.24, 2.45) is 0 Å². The highest BCUT2D eigenvalue weighted by Gasteiger charge is 2.17. The van der Waals surface area contributed by atoms with Crippen molar-refractivity contribution in [3.8, 4) is 11.5 Å². The molecule has 10 heteroatoms. The smallest absolute Gasteiger partial charge is 0.240 e. The third-order valence-corrected chi connectivity index (χ3v) is 4.47. The SMILES string of the molecule is CNCCNC(=O)CCNS(=O)(=O)c1ccc(OC)c(OC)c1.Cl. The molecule has 24 heavy (non-hydrogen) atoms. The summed E-state index contributed by atoms with van der Waals surface area (Å²) >= 11 is 0. The fourth-order valence-electron chi connectivity index (χ4n) is 1.78. The van der Waals surface area contributed by atoms with Crippen LogP contribution >= 0.6 is 12.4 Å². The molecule has 0 aliphatic carbocycles. The van der Waals surface area contributed by atoms with Crippen LogP contribution in [-0.4, -0.2) is 55.2 Å². The predicted octanol–water partition coefficient (Wildman–Crippen LogP) is 0.130. The molecule has 0 aromatic heterocycles. The lowest BCUT2D eigenvalue weighted by Gasteiger charge is -2.11. The zero-order valence-electron chi connectivity index (χ0n) is 13.9. The molecule has 0 spiro atoms. The summed E-state index contributed by atoms with van der Waals surface area (Å²) in [4.78, 5) is 11.6. The van der Waals surface area contributed by atoms with Gasteiger partial charge in [0.2, 0.25) is 15.9 Å². The van der Waals surface area contributed by atoms with E-state index in [9.17, 15) is 13.2 Å². The average molecular weight is 382 g/mol. The van der Waals surface area contributed by atoms with Crippen molar-refractivity contribution in [3.63, 3.8) is 0 Å². The largest absolute Gasteiger partial charge is 0.493 e. The first-order chi connectivity index (χ1) is 10.9. The van der Waals surface area contributed by atoms with E-state index in [4.69, 9.17) is 9.47 Å². The molecule has 138 valence electrons. The maximum Gasteiger partial charge on any atom is 0.240 e. The van der Waals surface area contributed by atoms with E-state index in [1.807, 2.05) is 0 Å². The number of benzene rings is 1. The summed E-state index contributed by atoms with van der Waals surface area (Å²) in [6.07, 6.45) is 0.0657. The minimum Gasteiger partial charge on any atom is -0.493 e. The fourth-order valence-corrected chi connectivity index (χ4v) is 2.83. The Hall–Kier alpha value is -1.55. The number of carbonyl (C=O) groups is 1. The lowest BCUT2D eigenvalue weighted by molar-refractivity contribution is -0.120. The Morgan fingerprint density at radius 1 is 1.08 bits per heavy atom. The molecule has 0 aliphatic rings. The van der Waals surface area contributed by atoms with Gasteiger partial charge in [0.1, 0.15) is 0 Å². The Morgan fingerprint density at radius 3 is 2.33 bits per heavy atom. The summed E-state index contributed by atoms with van der Waals surface area (Å²) in [7, 11) is 0.962. The molecule has 1 rings (SSSR count). The molecule has 1 aromatic rings. The number of methoxy groups -OCH3 is 2. The molecular weight excluding hydrogens is 358 g/mol. The van der Waals surface area contributed by atoms with Gasteiger partial charge in [-0.3, -0.25) is 4.79 Å². The Bertz CT molecular complexity index is 625. The third kappa shape index (κ3) is 6.91. The Kier molecular flexibility index (Phi) is 10.4. The first-order valence-electron chi connectivity index (χ1n) is 7.07. The highest BCUT2D eigenvalue weighted by Crippen LogP contribution is 2.29. The zero-order chi connectivity index (χ0) is 17.3. The van der Waals surface area contributed by atoms with Crippen molar-refractivity contribution in [2.75, 3.05) is 40.9 Å². The van der Waals surface area contributed by atoms with Gasteiger partial charge < -0.3 is 20.1 Å². The molecular formula is C14H24ClN3O5S. The lowest BCUT2D eigenvalue weighted by atomic mass is 10.3. The molecule has 1 aromatic carbocycles. The number of likely N-dealkylation sites (N-methyl/N-ethyl adjacent to an activating group) is 1. The lowest BCUT2D eigenvalue weighted by Crippen LogP contribution is -2.33. The number of sulfonamides is 1. The quantitative estimate of drug-likeness (QED) is 0.497. The summed E-state index contributed by atoms with van der Waals surface area (Å²) < 4.78 is 36.9. The van der Waals surface area contributed by atoms with Crippen molar-refractivity contribution in [3.05, 3.63) is 18.2 Å². The molecule has 0 heterocycles. The van der Waals surface area contributed by atoms with Gasteiger partial charge in [-0.25, -0.2) is 13.1 Å². The first-order valence-corrected chi connectivity index (χ1v) is 8.56. The summed E-state index contributed by atoms with van der Waals surface area (Å²) in [6.45, 7) is 1.17. The topological polar surface area (TPSA) is 106 Å². The average Bonchev–Trinajstić information content (AvgIpc) is 2.54. The molecule has 3 N–H and O–H groups in total. The van der Waals surface area contributed by atoms with Crippen LogP contribution in [0.25, 0.3) is 0 Å². The molecule has 0 radical (unpaired) electrons. The molecule has 0 unspecified atom stereocenters. The van der Waals surface area contributed by atoms with Crippen LogP contribution in [0.15, 0.2) is 23.1 Å². The molecule has 0 saturated carbocycles. The van der Waals surface area contributed by atoms with Crippen molar-refractivity contribution < 1.29 is 22.7 Å². The van der Waals surface area contributed by atoms with Crippen LogP contribution in [0.1, 0.15) is 6.42 Å². The van der Waals surface area contributed by atoms with Gasteiger partial charge in [0, 0.05) is 32.1 Å². The standard InChI is InChI=1S/C14H23N3O5S.ClH/c1-15-8-9-16-14(18)6-7-17-23(19,20)11-4-5-12(21-2)13(10-11)22-3;/h4-5,10,15,17H,6-9H2,1-3H3,(H,16,18);1H. The van der Waals surface area contributed by atoms with Crippen LogP contribution in [0.4, 0.5) is 0 Å². The number of ether oxygens (including phenoxy) is 2. The third-order valence-electron chi connectivity index (χ3n) is 3.01. The van der Waals surface area contributed by atoms with E-state index in [2.05, 4.69) is 15.4 Å². The number of amides is 1. The highest BCUT2D eigenvalue weighted by molar-refractivity contribution is 7.89. The molecule has 0 bridgehead atoms. The van der Waals surface area contributed by atoms with E-state index in [1.165, 1.54) is 32.4 Å². The molecule has 0 aliphatic heterocycles. The summed E-state index contributed by atoms with van der Waals surface area (Å²) in [5, 5.41) is 5.57. The van der Waals surface area contributed by atoms with E-state index in [1.54, 1.807) is 7.05 Å². The summed E-state index contributed by atoms with van der Waals surface area (Å²) in [5.41, 5.74) is 0. The summed E-state index contributed by atoms with van der Waals surface area (Å²) in [5.74, 6) is 0.547. The molecule has 8 nitrogen and oxygen atoms in total. The van der Waals surface area contributed by atoms with Crippen molar-refractivity contribution >= 4 is 28.3 Å². The van der Waals surface area contributed by atoms with Crippen LogP contribution in [0.2, 0.25) is 0 Å². The van der Waals surface area contributed by atoms with Gasteiger partial charge in [-0.15, -0.1) is 12.4 Å². The van der Waals surface area contributed by atoms with Gasteiger partial charge >= 0.3 is 0 Å². The monoisotopic (exact) mass is 381 g/mol. The van der Waals surface area contributed by atoms with Crippen molar-refractivity contribution in [1.29, 1.82) is 0 Å². The normalized spacial score (nSPS) is 10.6. The maximum absolute atomic E-state index is 12.2. The van der Waals surface area contributed by atoms with Gasteiger partial charge in [0.15, 0.2) is 11.5 Å². The minimum absolute atomic E-state index is 0. The van der Waals surface area contributed by atoms with Crippen molar-refractivity contribution in [1.82, 2.24) is 15.4 Å². The van der Waals surface area contributed by atoms with Crippen LogP contribution in [0.3, 0.4) is 0 Å². The number of halogens is 1. The van der Waals surface area contributed by atoms with Crippen LogP contribution in [-0.2, 0) is 14.8 Å². The molecule has 0 saturated heterocycles. The Labute approximate surface area is 148 Å².